The van der Waals surface area contributed by atoms with Gasteiger partial charge in [-0.2, -0.15) is 0 Å². The van der Waals surface area contributed by atoms with Crippen LogP contribution in [0, 0.1) is 6.92 Å². The third-order valence-corrected chi connectivity index (χ3v) is 5.23. The third kappa shape index (κ3) is 3.83. The summed E-state index contributed by atoms with van der Waals surface area (Å²) in [6.45, 7) is 2.30. The highest BCUT2D eigenvalue weighted by molar-refractivity contribution is 5.80. The molecule has 0 saturated heterocycles. The summed E-state index contributed by atoms with van der Waals surface area (Å²) >= 11 is 0. The Hall–Kier alpha value is -2.97. The lowest BCUT2D eigenvalue weighted by Crippen LogP contribution is -2.10. The molecule has 3 aromatic carbocycles. The minimum Gasteiger partial charge on any atom is -0.396 e. The maximum absolute atomic E-state index is 9.43. The van der Waals surface area contributed by atoms with Crippen LogP contribution in [0.1, 0.15) is 40.3 Å². The number of benzene rings is 3. The number of hydrogen-bond acceptors (Lipinski definition) is 2. The molecular formula is C26H25NO. The van der Waals surface area contributed by atoms with Crippen LogP contribution in [0.15, 0.2) is 84.9 Å². The molecule has 0 aliphatic carbocycles. The first-order valence-corrected chi connectivity index (χ1v) is 9.87. The van der Waals surface area contributed by atoms with Crippen molar-refractivity contribution in [2.24, 2.45) is 0 Å². The summed E-state index contributed by atoms with van der Waals surface area (Å²) in [5, 5.41) is 10.6. The molecule has 4 rings (SSSR count). The van der Waals surface area contributed by atoms with Gasteiger partial charge in [0.05, 0.1) is 17.1 Å². The lowest BCUT2D eigenvalue weighted by molar-refractivity contribution is 0.288. The van der Waals surface area contributed by atoms with Gasteiger partial charge in [-0.1, -0.05) is 72.3 Å². The van der Waals surface area contributed by atoms with Gasteiger partial charge in [-0.05, 0) is 54.7 Å². The van der Waals surface area contributed by atoms with Crippen molar-refractivity contribution < 1.29 is 5.11 Å². The van der Waals surface area contributed by atoms with E-state index in [0.29, 0.717) is 0 Å². The number of aryl methyl sites for hydroxylation is 2. The van der Waals surface area contributed by atoms with E-state index in [1.165, 1.54) is 22.3 Å². The van der Waals surface area contributed by atoms with Crippen molar-refractivity contribution in [3.05, 3.63) is 113 Å². The Balaban J connectivity index is 1.95. The summed E-state index contributed by atoms with van der Waals surface area (Å²) in [4.78, 5) is 5.14. The Bertz CT molecular complexity index is 1020. The summed E-state index contributed by atoms with van der Waals surface area (Å²) in [6, 6.07) is 29.8. The molecule has 0 bridgehead atoms. The van der Waals surface area contributed by atoms with Gasteiger partial charge in [0.25, 0.3) is 0 Å². The number of nitrogens with zero attached hydrogens (tertiary/aromatic N) is 1. The van der Waals surface area contributed by atoms with Crippen molar-refractivity contribution >= 4 is 10.9 Å². The molecule has 2 heteroatoms. The summed E-state index contributed by atoms with van der Waals surface area (Å²) in [5.74, 6) is 0.0711. The van der Waals surface area contributed by atoms with Crippen LogP contribution in [-0.4, -0.2) is 16.7 Å². The fraction of sp³-hybridized carbons (Fsp3) is 0.192. The van der Waals surface area contributed by atoms with E-state index < -0.39 is 0 Å². The summed E-state index contributed by atoms with van der Waals surface area (Å²) in [7, 11) is 0. The number of fused-ring (bicyclic) bond motifs is 1. The van der Waals surface area contributed by atoms with Crippen molar-refractivity contribution in [2.45, 2.75) is 25.7 Å². The van der Waals surface area contributed by atoms with E-state index in [1.54, 1.807) is 0 Å². The van der Waals surface area contributed by atoms with E-state index in [1.807, 2.05) is 0 Å². The number of pyridine rings is 1. The van der Waals surface area contributed by atoms with E-state index in [0.717, 1.165) is 29.4 Å². The van der Waals surface area contributed by atoms with Gasteiger partial charge >= 0.3 is 0 Å². The van der Waals surface area contributed by atoms with Crippen LogP contribution in [0.4, 0.5) is 0 Å². The molecule has 0 fully saturated rings. The maximum atomic E-state index is 9.43. The molecule has 1 N–H and O–H groups in total. The fourth-order valence-electron chi connectivity index (χ4n) is 3.87. The predicted molar refractivity (Wildman–Crippen MR) is 116 cm³/mol. The first-order valence-electron chi connectivity index (χ1n) is 9.87. The van der Waals surface area contributed by atoms with Crippen LogP contribution in [0.3, 0.4) is 0 Å². The van der Waals surface area contributed by atoms with Crippen LogP contribution >= 0.6 is 0 Å². The Morgan fingerprint density at radius 3 is 2.07 bits per heavy atom. The Labute approximate surface area is 166 Å². The molecule has 0 radical (unpaired) electrons. The molecule has 0 saturated carbocycles. The number of rotatable bonds is 6. The number of aliphatic hydroxyl groups is 1. The van der Waals surface area contributed by atoms with E-state index in [4.69, 9.17) is 4.98 Å². The molecule has 0 amide bonds. The molecule has 140 valence electrons. The lowest BCUT2D eigenvalue weighted by atomic mass is 9.85. The number of aromatic nitrogens is 1. The van der Waals surface area contributed by atoms with E-state index >= 15 is 0 Å². The Kier molecular flexibility index (Phi) is 5.50. The average Bonchev–Trinajstić information content (AvgIpc) is 2.74. The molecule has 0 atom stereocenters. The monoisotopic (exact) mass is 367 g/mol. The van der Waals surface area contributed by atoms with Gasteiger partial charge in [0.2, 0.25) is 0 Å². The standard InChI is InChI=1S/C26H25NO/c1-19-14-15-24-23(17-19)18-22(13-8-16-28)26(27-24)25(20-9-4-2-5-10-20)21-11-6-3-7-12-21/h2-7,9-12,14-15,17-18,25,28H,8,13,16H2,1H3. The highest BCUT2D eigenvalue weighted by Gasteiger charge is 2.21. The predicted octanol–water partition coefficient (Wildman–Crippen LogP) is 5.65. The van der Waals surface area contributed by atoms with Crippen LogP contribution in [0.5, 0.6) is 0 Å². The van der Waals surface area contributed by atoms with E-state index in [2.05, 4.69) is 91.9 Å². The minimum atomic E-state index is 0.0711. The highest BCUT2D eigenvalue weighted by atomic mass is 16.2. The van der Waals surface area contributed by atoms with Gasteiger partial charge in [-0.15, -0.1) is 0 Å². The van der Waals surface area contributed by atoms with Gasteiger partial charge in [-0.3, -0.25) is 4.98 Å². The first-order chi connectivity index (χ1) is 13.8. The van der Waals surface area contributed by atoms with Crippen LogP contribution in [0.25, 0.3) is 10.9 Å². The lowest BCUT2D eigenvalue weighted by Gasteiger charge is -2.22. The fourth-order valence-corrected chi connectivity index (χ4v) is 3.87. The third-order valence-electron chi connectivity index (χ3n) is 5.23. The molecule has 0 unspecified atom stereocenters. The zero-order valence-electron chi connectivity index (χ0n) is 16.2. The van der Waals surface area contributed by atoms with Crippen LogP contribution in [0.2, 0.25) is 0 Å². The molecule has 0 aliphatic heterocycles. The molecule has 0 spiro atoms. The van der Waals surface area contributed by atoms with Crippen molar-refractivity contribution in [2.75, 3.05) is 6.61 Å². The van der Waals surface area contributed by atoms with Crippen LogP contribution in [-0.2, 0) is 6.42 Å². The van der Waals surface area contributed by atoms with Gasteiger partial charge in [0, 0.05) is 12.0 Å². The van der Waals surface area contributed by atoms with Gasteiger partial charge in [0.15, 0.2) is 0 Å². The second-order valence-electron chi connectivity index (χ2n) is 7.31. The first kappa shape index (κ1) is 18.4. The second kappa shape index (κ2) is 8.37. The zero-order valence-corrected chi connectivity index (χ0v) is 16.2. The molecule has 1 heterocycles. The largest absolute Gasteiger partial charge is 0.396 e. The van der Waals surface area contributed by atoms with Gasteiger partial charge in [-0.25, -0.2) is 0 Å². The smallest absolute Gasteiger partial charge is 0.0706 e. The quantitative estimate of drug-likeness (QED) is 0.478. The number of aliphatic hydroxyl groups excluding tert-OH is 1. The van der Waals surface area contributed by atoms with Gasteiger partial charge < -0.3 is 5.11 Å². The van der Waals surface area contributed by atoms with E-state index in [-0.39, 0.29) is 12.5 Å². The molecule has 1 aromatic heterocycles. The highest BCUT2D eigenvalue weighted by Crippen LogP contribution is 2.34. The average molecular weight is 367 g/mol. The summed E-state index contributed by atoms with van der Waals surface area (Å²) in [6.07, 6.45) is 1.56. The van der Waals surface area contributed by atoms with Crippen molar-refractivity contribution in [3.63, 3.8) is 0 Å². The molecule has 2 nitrogen and oxygen atoms in total. The second-order valence-corrected chi connectivity index (χ2v) is 7.31. The molecule has 28 heavy (non-hydrogen) atoms. The normalized spacial score (nSPS) is 11.2. The topological polar surface area (TPSA) is 33.1 Å². The number of hydrogen-bond donors (Lipinski definition) is 1. The van der Waals surface area contributed by atoms with Crippen molar-refractivity contribution in [3.8, 4) is 0 Å². The SMILES string of the molecule is Cc1ccc2nc(C(c3ccccc3)c3ccccc3)c(CCCO)cc2c1. The Morgan fingerprint density at radius 2 is 1.46 bits per heavy atom. The van der Waals surface area contributed by atoms with Crippen LogP contribution < -0.4 is 0 Å². The summed E-state index contributed by atoms with van der Waals surface area (Å²) in [5.41, 5.74) is 7.02. The molecule has 0 aliphatic rings. The van der Waals surface area contributed by atoms with Crippen molar-refractivity contribution in [1.29, 1.82) is 0 Å². The van der Waals surface area contributed by atoms with Crippen molar-refractivity contribution in [1.82, 2.24) is 4.98 Å². The van der Waals surface area contributed by atoms with E-state index in [9.17, 15) is 5.11 Å². The molecule has 4 aromatic rings. The minimum absolute atomic E-state index is 0.0711. The maximum Gasteiger partial charge on any atom is 0.0706 e. The summed E-state index contributed by atoms with van der Waals surface area (Å²) < 4.78 is 0. The Morgan fingerprint density at radius 1 is 0.821 bits per heavy atom. The molecular weight excluding hydrogens is 342 g/mol. The van der Waals surface area contributed by atoms with Gasteiger partial charge in [0.1, 0.15) is 0 Å². The zero-order chi connectivity index (χ0) is 19.3.